The largest absolute Gasteiger partial charge is 0.366 e. The fraction of sp³-hybridized carbons (Fsp3) is 0.350. The number of nitrogens with one attached hydrogen (secondary N) is 1. The zero-order valence-corrected chi connectivity index (χ0v) is 15.0. The van der Waals surface area contributed by atoms with Gasteiger partial charge in [-0.3, -0.25) is 19.3 Å². The molecular weight excluding hydrogens is 330 g/mol. The number of piperidine rings is 1. The molecule has 136 valence electrons. The van der Waals surface area contributed by atoms with E-state index in [-0.39, 0.29) is 24.3 Å². The fourth-order valence-corrected chi connectivity index (χ4v) is 3.45. The molecule has 1 aromatic carbocycles. The highest BCUT2D eigenvalue weighted by Crippen LogP contribution is 2.33. The second-order valence-corrected chi connectivity index (χ2v) is 6.54. The van der Waals surface area contributed by atoms with Gasteiger partial charge >= 0.3 is 0 Å². The fourth-order valence-electron chi connectivity index (χ4n) is 3.45. The highest BCUT2D eigenvalue weighted by Gasteiger charge is 2.41. The molecule has 1 fully saturated rings. The van der Waals surface area contributed by atoms with Crippen LogP contribution in [0.25, 0.3) is 5.57 Å². The van der Waals surface area contributed by atoms with Crippen molar-refractivity contribution in [2.45, 2.75) is 26.2 Å². The van der Waals surface area contributed by atoms with Crippen molar-refractivity contribution >= 4 is 29.0 Å². The summed E-state index contributed by atoms with van der Waals surface area (Å²) in [6.07, 6.45) is 4.73. The van der Waals surface area contributed by atoms with Crippen molar-refractivity contribution in [1.82, 2.24) is 9.80 Å². The molecule has 0 atom stereocenters. The molecule has 0 aliphatic carbocycles. The lowest BCUT2D eigenvalue weighted by atomic mass is 10.0. The molecule has 0 aromatic heterocycles. The lowest BCUT2D eigenvalue weighted by molar-refractivity contribution is -0.137. The maximum atomic E-state index is 12.9. The molecule has 0 bridgehead atoms. The molecule has 0 spiro atoms. The van der Waals surface area contributed by atoms with E-state index >= 15 is 0 Å². The van der Waals surface area contributed by atoms with Gasteiger partial charge in [0, 0.05) is 32.2 Å². The van der Waals surface area contributed by atoms with Gasteiger partial charge in [-0.05, 0) is 37.0 Å². The van der Waals surface area contributed by atoms with E-state index in [9.17, 15) is 14.4 Å². The van der Waals surface area contributed by atoms with Crippen LogP contribution < -0.4 is 5.32 Å². The first kappa shape index (κ1) is 17.9. The minimum Gasteiger partial charge on any atom is -0.366 e. The molecule has 26 heavy (non-hydrogen) atoms. The van der Waals surface area contributed by atoms with Crippen molar-refractivity contribution in [1.29, 1.82) is 0 Å². The summed E-state index contributed by atoms with van der Waals surface area (Å²) in [6, 6.07) is 7.03. The minimum absolute atomic E-state index is 0.157. The Labute approximate surface area is 153 Å². The van der Waals surface area contributed by atoms with Crippen LogP contribution >= 0.6 is 0 Å². The molecule has 3 amide bonds. The Balaban J connectivity index is 2.01. The minimum atomic E-state index is -0.289. The Morgan fingerprint density at radius 3 is 2.35 bits per heavy atom. The molecule has 1 aromatic rings. The molecular formula is C20H23N3O3. The number of anilines is 1. The average molecular weight is 353 g/mol. The number of imide groups is 1. The molecule has 1 N–H and O–H groups in total. The van der Waals surface area contributed by atoms with Gasteiger partial charge in [-0.15, -0.1) is 6.58 Å². The number of benzene rings is 1. The first-order chi connectivity index (χ1) is 12.5. The van der Waals surface area contributed by atoms with Crippen LogP contribution in [-0.2, 0) is 14.4 Å². The van der Waals surface area contributed by atoms with Gasteiger partial charge in [-0.2, -0.15) is 0 Å². The topological polar surface area (TPSA) is 69.7 Å². The molecule has 1 saturated heterocycles. The quantitative estimate of drug-likeness (QED) is 0.652. The van der Waals surface area contributed by atoms with Crippen LogP contribution in [0.5, 0.6) is 0 Å². The number of likely N-dealkylation sites (tertiary alicyclic amines) is 1. The predicted molar refractivity (Wildman–Crippen MR) is 100 cm³/mol. The third-order valence-electron chi connectivity index (χ3n) is 4.62. The van der Waals surface area contributed by atoms with E-state index in [2.05, 4.69) is 11.9 Å². The number of hydrogen-bond donors (Lipinski definition) is 1. The molecule has 6 heteroatoms. The van der Waals surface area contributed by atoms with Crippen LogP contribution in [-0.4, -0.2) is 47.2 Å². The third-order valence-corrected chi connectivity index (χ3v) is 4.62. The summed E-state index contributed by atoms with van der Waals surface area (Å²) in [7, 11) is 0. The lowest BCUT2D eigenvalue weighted by Crippen LogP contribution is -2.37. The summed E-state index contributed by atoms with van der Waals surface area (Å²) in [5.41, 5.74) is 2.27. The monoisotopic (exact) mass is 353 g/mol. The van der Waals surface area contributed by atoms with Gasteiger partial charge < -0.3 is 10.2 Å². The molecule has 2 heterocycles. The number of carbonyl (C=O) groups excluding carboxylic acids is 3. The highest BCUT2D eigenvalue weighted by atomic mass is 16.2. The first-order valence-electron chi connectivity index (χ1n) is 8.87. The van der Waals surface area contributed by atoms with Gasteiger partial charge in [0.05, 0.1) is 5.57 Å². The molecule has 2 aliphatic heterocycles. The maximum Gasteiger partial charge on any atom is 0.278 e. The Bertz CT molecular complexity index is 774. The van der Waals surface area contributed by atoms with Gasteiger partial charge in [0.25, 0.3) is 11.8 Å². The molecule has 0 saturated carbocycles. The van der Waals surface area contributed by atoms with E-state index in [1.165, 1.54) is 11.8 Å². The zero-order valence-electron chi connectivity index (χ0n) is 15.0. The number of hydrogen-bond acceptors (Lipinski definition) is 4. The Kier molecular flexibility index (Phi) is 5.21. The zero-order chi connectivity index (χ0) is 18.7. The van der Waals surface area contributed by atoms with E-state index in [0.29, 0.717) is 22.5 Å². The molecule has 0 unspecified atom stereocenters. The predicted octanol–water partition coefficient (Wildman–Crippen LogP) is 2.40. The van der Waals surface area contributed by atoms with E-state index < -0.39 is 0 Å². The van der Waals surface area contributed by atoms with E-state index in [1.54, 1.807) is 30.3 Å². The van der Waals surface area contributed by atoms with Crippen LogP contribution in [0.1, 0.15) is 31.7 Å². The summed E-state index contributed by atoms with van der Waals surface area (Å²) in [4.78, 5) is 40.3. The Morgan fingerprint density at radius 1 is 1.12 bits per heavy atom. The Morgan fingerprint density at radius 2 is 1.77 bits per heavy atom. The SMILES string of the molecule is C=CCN1C(=O)C(c2ccc(NC(C)=O)cc2)=C(N2CCCCC2)C1=O. The molecule has 0 radical (unpaired) electrons. The van der Waals surface area contributed by atoms with E-state index in [4.69, 9.17) is 0 Å². The normalized spacial score (nSPS) is 17.7. The number of nitrogens with zero attached hydrogens (tertiary/aromatic N) is 2. The number of rotatable bonds is 5. The highest BCUT2D eigenvalue weighted by molar-refractivity contribution is 6.35. The van der Waals surface area contributed by atoms with Crippen molar-refractivity contribution in [3.8, 4) is 0 Å². The first-order valence-corrected chi connectivity index (χ1v) is 8.87. The van der Waals surface area contributed by atoms with Crippen molar-refractivity contribution in [3.63, 3.8) is 0 Å². The van der Waals surface area contributed by atoms with Gasteiger partial charge in [0.1, 0.15) is 5.70 Å². The van der Waals surface area contributed by atoms with Gasteiger partial charge in [0.2, 0.25) is 5.91 Å². The number of amides is 3. The van der Waals surface area contributed by atoms with Gasteiger partial charge in [0.15, 0.2) is 0 Å². The summed E-state index contributed by atoms with van der Waals surface area (Å²) in [5, 5.41) is 2.71. The lowest BCUT2D eigenvalue weighted by Gasteiger charge is -2.29. The van der Waals surface area contributed by atoms with Crippen LogP contribution in [0.3, 0.4) is 0 Å². The van der Waals surface area contributed by atoms with Crippen molar-refractivity contribution in [2.75, 3.05) is 25.0 Å². The van der Waals surface area contributed by atoms with Crippen LogP contribution in [0, 0.1) is 0 Å². The second kappa shape index (κ2) is 7.56. The van der Waals surface area contributed by atoms with Crippen LogP contribution in [0.2, 0.25) is 0 Å². The maximum absolute atomic E-state index is 12.9. The van der Waals surface area contributed by atoms with Crippen LogP contribution in [0.15, 0.2) is 42.6 Å². The third kappa shape index (κ3) is 3.40. The molecule has 3 rings (SSSR count). The number of carbonyl (C=O) groups is 3. The van der Waals surface area contributed by atoms with Crippen molar-refractivity contribution in [2.24, 2.45) is 0 Å². The van der Waals surface area contributed by atoms with E-state index in [0.717, 1.165) is 32.4 Å². The van der Waals surface area contributed by atoms with Gasteiger partial charge in [-0.1, -0.05) is 18.2 Å². The molecule has 2 aliphatic rings. The standard InChI is InChI=1S/C20H23N3O3/c1-3-11-23-19(25)17(15-7-9-16(10-8-15)21-14(2)24)18(20(23)26)22-12-5-4-6-13-22/h3,7-10H,1,4-6,11-13H2,2H3,(H,21,24). The summed E-state index contributed by atoms with van der Waals surface area (Å²) in [6.45, 7) is 6.85. The smallest absolute Gasteiger partial charge is 0.278 e. The second-order valence-electron chi connectivity index (χ2n) is 6.54. The van der Waals surface area contributed by atoms with Crippen LogP contribution in [0.4, 0.5) is 5.69 Å². The van der Waals surface area contributed by atoms with Gasteiger partial charge in [-0.25, -0.2) is 0 Å². The summed E-state index contributed by atoms with van der Waals surface area (Å²) < 4.78 is 0. The molecule has 6 nitrogen and oxygen atoms in total. The summed E-state index contributed by atoms with van der Waals surface area (Å²) >= 11 is 0. The van der Waals surface area contributed by atoms with Crippen molar-refractivity contribution in [3.05, 3.63) is 48.2 Å². The average Bonchev–Trinajstić information content (AvgIpc) is 2.88. The Hall–Kier alpha value is -2.89. The van der Waals surface area contributed by atoms with E-state index in [1.807, 2.05) is 4.90 Å². The van der Waals surface area contributed by atoms with Crippen molar-refractivity contribution < 1.29 is 14.4 Å². The summed E-state index contributed by atoms with van der Waals surface area (Å²) in [5.74, 6) is -0.698.